The summed E-state index contributed by atoms with van der Waals surface area (Å²) in [5, 5.41) is 0. The number of nitrogens with zero attached hydrogens (tertiary/aromatic N) is 1. The molecule has 1 fully saturated rings. The predicted molar refractivity (Wildman–Crippen MR) is 50.5 cm³/mol. The van der Waals surface area contributed by atoms with Crippen molar-refractivity contribution in [2.24, 2.45) is 10.8 Å². The molecule has 0 unspecified atom stereocenters. The second-order valence-corrected chi connectivity index (χ2v) is 3.00. The van der Waals surface area contributed by atoms with Gasteiger partial charge in [-0.1, -0.05) is 0 Å². The molecule has 1 saturated carbocycles. The maximum absolute atomic E-state index is 5.27. The maximum Gasteiger partial charge on any atom is 0.137 e. The third-order valence-electron chi connectivity index (χ3n) is 1.72. The van der Waals surface area contributed by atoms with Crippen LogP contribution in [-0.2, 0) is 9.47 Å². The Hall–Kier alpha value is -0.650. The topological polar surface area (TPSA) is 68.9 Å². The molecule has 0 aliphatic heterocycles. The van der Waals surface area contributed by atoms with Crippen molar-refractivity contribution in [2.45, 2.75) is 18.9 Å². The molecule has 0 aromatic carbocycles. The van der Waals surface area contributed by atoms with E-state index in [1.807, 2.05) is 0 Å². The van der Waals surface area contributed by atoms with Crippen LogP contribution in [0.3, 0.4) is 0 Å². The Labute approximate surface area is 78.3 Å². The molecule has 0 amide bonds. The number of rotatable bonds is 6. The first-order valence-electron chi connectivity index (χ1n) is 4.46. The van der Waals surface area contributed by atoms with Crippen molar-refractivity contribution in [3.63, 3.8) is 0 Å². The smallest absolute Gasteiger partial charge is 0.137 e. The molecule has 0 aromatic heterocycles. The minimum absolute atomic E-state index is 0.441. The Balaban J connectivity index is 2.08. The predicted octanol–water partition coefficient (Wildman–Crippen LogP) is -0.326. The molecule has 0 radical (unpaired) electrons. The summed E-state index contributed by atoms with van der Waals surface area (Å²) in [5.41, 5.74) is 2.53. The molecule has 0 atom stereocenters. The van der Waals surface area contributed by atoms with Crippen LogP contribution in [0.1, 0.15) is 12.8 Å². The summed E-state index contributed by atoms with van der Waals surface area (Å²) >= 11 is 0. The van der Waals surface area contributed by atoms with Gasteiger partial charge in [-0.15, -0.1) is 0 Å². The van der Waals surface area contributed by atoms with E-state index >= 15 is 0 Å². The fourth-order valence-electron chi connectivity index (χ4n) is 0.851. The van der Waals surface area contributed by atoms with E-state index in [1.54, 1.807) is 7.11 Å². The number of nitrogens with one attached hydrogen (secondary N) is 1. The number of nitrogens with two attached hydrogens (primary N) is 1. The van der Waals surface area contributed by atoms with Crippen molar-refractivity contribution < 1.29 is 9.47 Å². The Morgan fingerprint density at radius 2 is 2.31 bits per heavy atom. The van der Waals surface area contributed by atoms with Crippen LogP contribution in [0, 0.1) is 0 Å². The number of hydrazine groups is 1. The number of hydrogen-bond donors (Lipinski definition) is 2. The number of methoxy groups -OCH3 is 1. The zero-order valence-corrected chi connectivity index (χ0v) is 7.95. The molecule has 0 spiro atoms. The van der Waals surface area contributed by atoms with E-state index in [0.717, 1.165) is 5.84 Å². The highest BCUT2D eigenvalue weighted by molar-refractivity contribution is 5.83. The van der Waals surface area contributed by atoms with Gasteiger partial charge >= 0.3 is 0 Å². The molecular weight excluding hydrogens is 170 g/mol. The molecular formula is C8H17N3O2. The van der Waals surface area contributed by atoms with Gasteiger partial charge in [-0.3, -0.25) is 4.99 Å². The quantitative estimate of drug-likeness (QED) is 0.196. The Morgan fingerprint density at radius 3 is 2.85 bits per heavy atom. The minimum atomic E-state index is 0.441. The summed E-state index contributed by atoms with van der Waals surface area (Å²) in [6, 6.07) is 0.470. The zero-order chi connectivity index (χ0) is 9.52. The average molecular weight is 187 g/mol. The Bertz CT molecular complexity index is 169. The van der Waals surface area contributed by atoms with Gasteiger partial charge in [0.1, 0.15) is 12.4 Å². The SMILES string of the molecule is COCCOCC(=NC1CC1)NN. The third kappa shape index (κ3) is 4.82. The number of aliphatic imine (C=N–C) groups is 1. The first kappa shape index (κ1) is 10.4. The zero-order valence-electron chi connectivity index (χ0n) is 7.95. The van der Waals surface area contributed by atoms with Gasteiger partial charge in [-0.2, -0.15) is 0 Å². The molecule has 0 aromatic rings. The molecule has 1 rings (SSSR count). The van der Waals surface area contributed by atoms with Gasteiger partial charge in [0.05, 0.1) is 19.3 Å². The number of ether oxygens (including phenoxy) is 2. The average Bonchev–Trinajstić information content (AvgIpc) is 2.94. The lowest BCUT2D eigenvalue weighted by Crippen LogP contribution is -2.34. The van der Waals surface area contributed by atoms with E-state index in [4.69, 9.17) is 15.3 Å². The van der Waals surface area contributed by atoms with Gasteiger partial charge in [0.25, 0.3) is 0 Å². The second-order valence-electron chi connectivity index (χ2n) is 3.00. The van der Waals surface area contributed by atoms with Gasteiger partial charge in [0.2, 0.25) is 0 Å². The van der Waals surface area contributed by atoms with Crippen LogP contribution in [0.4, 0.5) is 0 Å². The summed E-state index contributed by atoms with van der Waals surface area (Å²) in [6.45, 7) is 1.61. The minimum Gasteiger partial charge on any atom is -0.382 e. The van der Waals surface area contributed by atoms with Crippen LogP contribution in [0.25, 0.3) is 0 Å². The van der Waals surface area contributed by atoms with E-state index in [2.05, 4.69) is 10.4 Å². The largest absolute Gasteiger partial charge is 0.382 e. The lowest BCUT2D eigenvalue weighted by molar-refractivity contribution is 0.0891. The van der Waals surface area contributed by atoms with E-state index in [-0.39, 0.29) is 0 Å². The van der Waals surface area contributed by atoms with Crippen LogP contribution < -0.4 is 11.3 Å². The third-order valence-corrected chi connectivity index (χ3v) is 1.72. The molecule has 0 saturated heterocycles. The number of amidine groups is 1. The normalized spacial score (nSPS) is 17.5. The molecule has 13 heavy (non-hydrogen) atoms. The fourth-order valence-corrected chi connectivity index (χ4v) is 0.851. The molecule has 0 heterocycles. The van der Waals surface area contributed by atoms with Crippen LogP contribution in [0.2, 0.25) is 0 Å². The van der Waals surface area contributed by atoms with Crippen molar-refractivity contribution in [2.75, 3.05) is 26.9 Å². The summed E-state index contributed by atoms with van der Waals surface area (Å²) in [7, 11) is 1.64. The second kappa shape index (κ2) is 5.90. The van der Waals surface area contributed by atoms with Crippen molar-refractivity contribution in [1.29, 1.82) is 0 Å². The van der Waals surface area contributed by atoms with E-state index in [1.165, 1.54) is 12.8 Å². The summed E-state index contributed by atoms with van der Waals surface area (Å²) in [6.07, 6.45) is 2.34. The highest BCUT2D eigenvalue weighted by atomic mass is 16.5. The van der Waals surface area contributed by atoms with Gasteiger partial charge in [-0.25, -0.2) is 5.84 Å². The summed E-state index contributed by atoms with van der Waals surface area (Å²) < 4.78 is 10.1. The van der Waals surface area contributed by atoms with Crippen LogP contribution in [0.15, 0.2) is 4.99 Å². The molecule has 76 valence electrons. The summed E-state index contributed by atoms with van der Waals surface area (Å²) in [5.74, 6) is 5.99. The van der Waals surface area contributed by atoms with E-state index < -0.39 is 0 Å². The summed E-state index contributed by atoms with van der Waals surface area (Å²) in [4.78, 5) is 4.32. The van der Waals surface area contributed by atoms with Gasteiger partial charge < -0.3 is 14.9 Å². The monoisotopic (exact) mass is 187 g/mol. The van der Waals surface area contributed by atoms with Crippen LogP contribution >= 0.6 is 0 Å². The first-order valence-corrected chi connectivity index (χ1v) is 4.46. The van der Waals surface area contributed by atoms with Crippen molar-refractivity contribution in [3.8, 4) is 0 Å². The van der Waals surface area contributed by atoms with Gasteiger partial charge in [0, 0.05) is 7.11 Å². The van der Waals surface area contributed by atoms with E-state index in [9.17, 15) is 0 Å². The van der Waals surface area contributed by atoms with Crippen LogP contribution in [-0.4, -0.2) is 38.8 Å². The molecule has 1 aliphatic rings. The highest BCUT2D eigenvalue weighted by Crippen LogP contribution is 2.23. The van der Waals surface area contributed by atoms with Gasteiger partial charge in [0.15, 0.2) is 0 Å². The molecule has 5 nitrogen and oxygen atoms in total. The van der Waals surface area contributed by atoms with Crippen molar-refractivity contribution >= 4 is 5.84 Å². The lowest BCUT2D eigenvalue weighted by atomic mass is 10.6. The molecule has 1 aliphatic carbocycles. The Morgan fingerprint density at radius 1 is 1.54 bits per heavy atom. The standard InChI is InChI=1S/C8H17N3O2/c1-12-4-5-13-6-8(11-9)10-7-2-3-7/h7H,2-6,9H2,1H3,(H,10,11). The highest BCUT2D eigenvalue weighted by Gasteiger charge is 2.20. The van der Waals surface area contributed by atoms with Gasteiger partial charge in [-0.05, 0) is 12.8 Å². The first-order chi connectivity index (χ1) is 6.36. The lowest BCUT2D eigenvalue weighted by Gasteiger charge is -2.06. The molecule has 0 bridgehead atoms. The van der Waals surface area contributed by atoms with Crippen molar-refractivity contribution in [1.82, 2.24) is 5.43 Å². The van der Waals surface area contributed by atoms with Crippen LogP contribution in [0.5, 0.6) is 0 Å². The van der Waals surface area contributed by atoms with E-state index in [0.29, 0.717) is 25.9 Å². The van der Waals surface area contributed by atoms with Crippen molar-refractivity contribution in [3.05, 3.63) is 0 Å². The Kier molecular flexibility index (Phi) is 4.74. The molecule has 3 N–H and O–H groups in total. The number of hydrogen-bond acceptors (Lipinski definition) is 4. The fraction of sp³-hybridized carbons (Fsp3) is 0.875. The maximum atomic E-state index is 5.27. The molecule has 5 heteroatoms.